The standard InChI is InChI=1S/C10H17N3O2/c1-7(15)5-12(3)10-9(6-14)8(2)11-13(10)4/h6-7,15H,5H2,1-4H3. The zero-order valence-corrected chi connectivity index (χ0v) is 9.56. The molecule has 1 aromatic rings. The van der Waals surface area contributed by atoms with E-state index in [0.717, 1.165) is 12.1 Å². The highest BCUT2D eigenvalue weighted by molar-refractivity contribution is 5.84. The predicted molar refractivity (Wildman–Crippen MR) is 58.3 cm³/mol. The number of carbonyl (C=O) groups is 1. The second-order valence-corrected chi connectivity index (χ2v) is 3.79. The Kier molecular flexibility index (Phi) is 3.47. The summed E-state index contributed by atoms with van der Waals surface area (Å²) < 4.78 is 1.65. The first-order valence-corrected chi connectivity index (χ1v) is 4.85. The molecule has 0 saturated carbocycles. The second-order valence-electron chi connectivity index (χ2n) is 3.79. The third kappa shape index (κ3) is 2.36. The van der Waals surface area contributed by atoms with Gasteiger partial charge in [-0.15, -0.1) is 0 Å². The third-order valence-corrected chi connectivity index (χ3v) is 2.25. The number of aliphatic hydroxyl groups excluding tert-OH is 1. The van der Waals surface area contributed by atoms with Crippen molar-refractivity contribution in [1.82, 2.24) is 9.78 Å². The van der Waals surface area contributed by atoms with Crippen LogP contribution in [0.25, 0.3) is 0 Å². The summed E-state index contributed by atoms with van der Waals surface area (Å²) in [6.45, 7) is 3.98. The number of nitrogens with zero attached hydrogens (tertiary/aromatic N) is 3. The summed E-state index contributed by atoms with van der Waals surface area (Å²) in [6.07, 6.45) is 0.362. The van der Waals surface area contributed by atoms with Gasteiger partial charge in [0.2, 0.25) is 0 Å². The van der Waals surface area contributed by atoms with Gasteiger partial charge in [-0.25, -0.2) is 0 Å². The van der Waals surface area contributed by atoms with Gasteiger partial charge in [0.15, 0.2) is 6.29 Å². The normalized spacial score (nSPS) is 12.6. The van der Waals surface area contributed by atoms with E-state index in [-0.39, 0.29) is 0 Å². The van der Waals surface area contributed by atoms with Gasteiger partial charge in [0.05, 0.1) is 17.4 Å². The second kappa shape index (κ2) is 4.44. The van der Waals surface area contributed by atoms with Gasteiger partial charge in [-0.1, -0.05) is 0 Å². The first-order chi connectivity index (χ1) is 6.97. The van der Waals surface area contributed by atoms with Crippen LogP contribution in [0, 0.1) is 6.92 Å². The number of likely N-dealkylation sites (N-methyl/N-ethyl adjacent to an activating group) is 1. The minimum absolute atomic E-state index is 0.440. The fourth-order valence-corrected chi connectivity index (χ4v) is 1.74. The first kappa shape index (κ1) is 11.7. The summed E-state index contributed by atoms with van der Waals surface area (Å²) in [7, 11) is 3.62. The maximum atomic E-state index is 10.9. The summed E-state index contributed by atoms with van der Waals surface area (Å²) in [5.74, 6) is 0.739. The minimum atomic E-state index is -0.440. The Morgan fingerprint density at radius 1 is 1.67 bits per heavy atom. The molecule has 15 heavy (non-hydrogen) atoms. The number of rotatable bonds is 4. The molecule has 1 atom stereocenters. The Morgan fingerprint density at radius 2 is 2.27 bits per heavy atom. The maximum absolute atomic E-state index is 10.9. The summed E-state index contributed by atoms with van der Waals surface area (Å²) in [5, 5.41) is 13.5. The minimum Gasteiger partial charge on any atom is -0.392 e. The van der Waals surface area contributed by atoms with E-state index in [4.69, 9.17) is 0 Å². The van der Waals surface area contributed by atoms with Gasteiger partial charge in [0.1, 0.15) is 5.82 Å². The van der Waals surface area contributed by atoms with Gasteiger partial charge in [-0.05, 0) is 13.8 Å². The van der Waals surface area contributed by atoms with Gasteiger partial charge >= 0.3 is 0 Å². The Bertz CT molecular complexity index is 358. The lowest BCUT2D eigenvalue weighted by Gasteiger charge is -2.21. The highest BCUT2D eigenvalue weighted by Gasteiger charge is 2.16. The molecule has 0 amide bonds. The summed E-state index contributed by atoms with van der Waals surface area (Å²) in [4.78, 5) is 12.7. The topological polar surface area (TPSA) is 58.4 Å². The highest BCUT2D eigenvalue weighted by atomic mass is 16.3. The molecule has 1 N–H and O–H groups in total. The third-order valence-electron chi connectivity index (χ3n) is 2.25. The molecule has 0 saturated heterocycles. The highest BCUT2D eigenvalue weighted by Crippen LogP contribution is 2.20. The van der Waals surface area contributed by atoms with Gasteiger partial charge < -0.3 is 10.0 Å². The lowest BCUT2D eigenvalue weighted by atomic mass is 10.2. The number of aromatic nitrogens is 2. The largest absolute Gasteiger partial charge is 0.392 e. The van der Waals surface area contributed by atoms with Crippen molar-refractivity contribution in [2.75, 3.05) is 18.5 Å². The fourth-order valence-electron chi connectivity index (χ4n) is 1.74. The van der Waals surface area contributed by atoms with Crippen LogP contribution >= 0.6 is 0 Å². The van der Waals surface area contributed by atoms with E-state index in [1.165, 1.54) is 0 Å². The van der Waals surface area contributed by atoms with Crippen molar-refractivity contribution >= 4 is 12.1 Å². The number of aldehydes is 1. The molecule has 1 aromatic heterocycles. The van der Waals surface area contributed by atoms with Crippen LogP contribution in [0.5, 0.6) is 0 Å². The molecule has 0 aromatic carbocycles. The van der Waals surface area contributed by atoms with Crippen LogP contribution in [0.4, 0.5) is 5.82 Å². The molecule has 0 aliphatic carbocycles. The molecule has 0 radical (unpaired) electrons. The van der Waals surface area contributed by atoms with E-state index in [0.29, 0.717) is 17.8 Å². The van der Waals surface area contributed by atoms with Gasteiger partial charge in [-0.2, -0.15) is 5.10 Å². The number of hydrogen-bond donors (Lipinski definition) is 1. The van der Waals surface area contributed by atoms with Gasteiger partial charge in [0, 0.05) is 20.6 Å². The quantitative estimate of drug-likeness (QED) is 0.730. The SMILES string of the molecule is Cc1nn(C)c(N(C)CC(C)O)c1C=O. The lowest BCUT2D eigenvalue weighted by Crippen LogP contribution is -2.29. The van der Waals surface area contributed by atoms with Crippen molar-refractivity contribution in [2.24, 2.45) is 7.05 Å². The van der Waals surface area contributed by atoms with E-state index in [2.05, 4.69) is 5.10 Å². The zero-order valence-electron chi connectivity index (χ0n) is 9.56. The van der Waals surface area contributed by atoms with Gasteiger partial charge in [-0.3, -0.25) is 9.48 Å². The summed E-state index contributed by atoms with van der Waals surface area (Å²) in [6, 6.07) is 0. The number of aryl methyl sites for hydroxylation is 2. The Hall–Kier alpha value is -1.36. The molecule has 84 valence electrons. The lowest BCUT2D eigenvalue weighted by molar-refractivity contribution is 0.112. The van der Waals surface area contributed by atoms with Crippen molar-refractivity contribution in [1.29, 1.82) is 0 Å². The number of carbonyl (C=O) groups excluding carboxylic acids is 1. The fraction of sp³-hybridized carbons (Fsp3) is 0.600. The average molecular weight is 211 g/mol. The molecule has 0 bridgehead atoms. The summed E-state index contributed by atoms with van der Waals surface area (Å²) in [5.41, 5.74) is 1.29. The van der Waals surface area contributed by atoms with E-state index >= 15 is 0 Å². The molecular weight excluding hydrogens is 194 g/mol. The average Bonchev–Trinajstić information content (AvgIpc) is 2.38. The van der Waals surface area contributed by atoms with Crippen molar-refractivity contribution in [3.8, 4) is 0 Å². The van der Waals surface area contributed by atoms with Crippen molar-refractivity contribution in [3.63, 3.8) is 0 Å². The van der Waals surface area contributed by atoms with Crippen LogP contribution in [0.2, 0.25) is 0 Å². The molecule has 1 heterocycles. The Labute approximate surface area is 89.3 Å². The van der Waals surface area contributed by atoms with Crippen LogP contribution in [0.15, 0.2) is 0 Å². The maximum Gasteiger partial charge on any atom is 0.155 e. The molecule has 1 unspecified atom stereocenters. The molecule has 0 spiro atoms. The number of hydrogen-bond acceptors (Lipinski definition) is 4. The van der Waals surface area contributed by atoms with Crippen LogP contribution in [0.1, 0.15) is 23.0 Å². The van der Waals surface area contributed by atoms with Gasteiger partial charge in [0.25, 0.3) is 0 Å². The molecule has 0 aliphatic heterocycles. The molecular formula is C10H17N3O2. The smallest absolute Gasteiger partial charge is 0.155 e. The number of aliphatic hydroxyl groups is 1. The van der Waals surface area contributed by atoms with E-state index in [9.17, 15) is 9.90 Å². The van der Waals surface area contributed by atoms with E-state index < -0.39 is 6.10 Å². The van der Waals surface area contributed by atoms with Crippen molar-refractivity contribution in [3.05, 3.63) is 11.3 Å². The Morgan fingerprint density at radius 3 is 2.73 bits per heavy atom. The summed E-state index contributed by atoms with van der Waals surface area (Å²) >= 11 is 0. The Balaban J connectivity index is 3.06. The van der Waals surface area contributed by atoms with E-state index in [1.54, 1.807) is 25.6 Å². The molecule has 1 rings (SSSR count). The van der Waals surface area contributed by atoms with Crippen molar-refractivity contribution in [2.45, 2.75) is 20.0 Å². The monoisotopic (exact) mass is 211 g/mol. The van der Waals surface area contributed by atoms with Crippen molar-refractivity contribution < 1.29 is 9.90 Å². The van der Waals surface area contributed by atoms with Crippen LogP contribution in [-0.2, 0) is 7.05 Å². The molecule has 0 fully saturated rings. The van der Waals surface area contributed by atoms with Crippen LogP contribution in [-0.4, -0.2) is 40.9 Å². The van der Waals surface area contributed by atoms with E-state index in [1.807, 2.05) is 11.9 Å². The van der Waals surface area contributed by atoms with Crippen LogP contribution < -0.4 is 4.90 Å². The first-order valence-electron chi connectivity index (χ1n) is 4.85. The molecule has 5 heteroatoms. The zero-order chi connectivity index (χ0) is 11.6. The number of anilines is 1. The predicted octanol–water partition coefficient (Wildman–Crippen LogP) is 0.358. The molecule has 5 nitrogen and oxygen atoms in total. The molecule has 0 aliphatic rings. The van der Waals surface area contributed by atoms with Crippen LogP contribution in [0.3, 0.4) is 0 Å².